The van der Waals surface area contributed by atoms with Crippen LogP contribution in [-0.2, 0) is 21.5 Å². The zero-order valence-corrected chi connectivity index (χ0v) is 28.2. The van der Waals surface area contributed by atoms with Crippen molar-refractivity contribution >= 4 is 48.0 Å². The number of benzene rings is 8. The van der Waals surface area contributed by atoms with Gasteiger partial charge in [-0.15, -0.1) is 0 Å². The Hall–Kier alpha value is -5.30. The van der Waals surface area contributed by atoms with Crippen LogP contribution in [0, 0.1) is 0 Å². The van der Waals surface area contributed by atoms with Crippen LogP contribution in [0.2, 0.25) is 0 Å². The van der Waals surface area contributed by atoms with Crippen LogP contribution in [0.5, 0.6) is 0 Å². The molecule has 8 aromatic carbocycles. The van der Waals surface area contributed by atoms with E-state index in [1.807, 2.05) is 0 Å². The van der Waals surface area contributed by atoms with Gasteiger partial charge in [0.2, 0.25) is 0 Å². The summed E-state index contributed by atoms with van der Waals surface area (Å²) in [5.74, 6) is 0.305. The van der Waals surface area contributed by atoms with Crippen molar-refractivity contribution in [1.29, 1.82) is 0 Å². The van der Waals surface area contributed by atoms with Crippen LogP contribution >= 0.6 is 0 Å². The van der Waals surface area contributed by atoms with Gasteiger partial charge < -0.3 is 0 Å². The van der Waals surface area contributed by atoms with Gasteiger partial charge in [-0.3, -0.25) is 0 Å². The number of hydrogen-bond acceptors (Lipinski definition) is 1. The predicted octanol–water partition coefficient (Wildman–Crippen LogP) is 12.5. The molecule has 1 heterocycles. The monoisotopic (exact) mass is 672 g/mol. The molecule has 1 unspecified atom stereocenters. The van der Waals surface area contributed by atoms with Gasteiger partial charge >= 0.3 is 271 Å². The molecule has 1 nitrogen and oxygen atoms in total. The summed E-state index contributed by atoms with van der Waals surface area (Å²) in [5.41, 5.74) is 11.8. The zero-order chi connectivity index (χ0) is 32.9. The van der Waals surface area contributed by atoms with E-state index < -0.39 is 0 Å². The molecule has 0 aliphatic heterocycles. The quantitative estimate of drug-likeness (QED) is 0.116. The van der Waals surface area contributed by atoms with Gasteiger partial charge in [0.25, 0.3) is 0 Å². The summed E-state index contributed by atoms with van der Waals surface area (Å²) in [5, 5.41) is 7.49. The maximum absolute atomic E-state index is 6.44. The van der Waals surface area contributed by atoms with Crippen molar-refractivity contribution in [1.82, 2.24) is 0 Å². The van der Waals surface area contributed by atoms with Gasteiger partial charge in [-0.05, 0) is 6.07 Å². The third-order valence-corrected chi connectivity index (χ3v) is 10.8. The fourth-order valence-electron chi connectivity index (χ4n) is 7.90. The number of furan rings is 1. The topological polar surface area (TPSA) is 13.1 Å². The molecule has 1 atom stereocenters. The van der Waals surface area contributed by atoms with Crippen LogP contribution < -0.4 is 0 Å². The molecule has 49 heavy (non-hydrogen) atoms. The molecule has 0 spiro atoms. The van der Waals surface area contributed by atoms with Gasteiger partial charge in [0.05, 0.1) is 0 Å². The van der Waals surface area contributed by atoms with Crippen molar-refractivity contribution in [3.63, 3.8) is 0 Å². The first-order valence-electron chi connectivity index (χ1n) is 17.1. The van der Waals surface area contributed by atoms with E-state index >= 15 is 0 Å². The number of hydrogen-bond donors (Lipinski definition) is 0. The molecule has 0 bridgehead atoms. The summed E-state index contributed by atoms with van der Waals surface area (Å²) in [7, 11) is 0. The molecule has 2 heteroatoms. The molecule has 0 aliphatic rings. The van der Waals surface area contributed by atoms with E-state index in [1.165, 1.54) is 71.3 Å². The molecule has 0 saturated carbocycles. The molecule has 0 N–H and O–H groups in total. The van der Waals surface area contributed by atoms with Crippen molar-refractivity contribution in [3.8, 4) is 22.3 Å². The van der Waals surface area contributed by atoms with Gasteiger partial charge in [-0.25, -0.2) is 0 Å². The van der Waals surface area contributed by atoms with Gasteiger partial charge in [0.1, 0.15) is 0 Å². The number of rotatable bonds is 8. The predicted molar refractivity (Wildman–Crippen MR) is 204 cm³/mol. The Kier molecular flexibility index (Phi) is 7.48. The summed E-state index contributed by atoms with van der Waals surface area (Å²) < 4.78 is 7.38. The zero-order valence-electron chi connectivity index (χ0n) is 27.2. The van der Waals surface area contributed by atoms with Gasteiger partial charge in [-0.2, -0.15) is 0 Å². The summed E-state index contributed by atoms with van der Waals surface area (Å²) in [6.07, 6.45) is 1.93. The average molecular weight is 673 g/mol. The fraction of sp³-hybridized carbons (Fsp3) is 0.0851. The van der Waals surface area contributed by atoms with Crippen LogP contribution in [-0.4, -0.2) is 4.49 Å². The Morgan fingerprint density at radius 2 is 1.18 bits per heavy atom. The molecule has 9 aromatic rings. The second-order valence-electron chi connectivity index (χ2n) is 13.0. The molecule has 1 aromatic heterocycles. The average Bonchev–Trinajstić information content (AvgIpc) is 3.56. The summed E-state index contributed by atoms with van der Waals surface area (Å²) in [6.45, 7) is 2.30. The van der Waals surface area contributed by atoms with Gasteiger partial charge in [0, 0.05) is 0 Å². The van der Waals surface area contributed by atoms with Crippen LogP contribution in [0.3, 0.4) is 0 Å². The summed E-state index contributed by atoms with van der Waals surface area (Å²) in [4.78, 5) is 0. The SMILES string of the molecule is CCC(Cc1ccccc1-c1ccc2oc3cccc4c5ccccc5c1c2c34)c1ccccc1[C](=[Ni])c1ccc(-c2ccccc2)cc1. The van der Waals surface area contributed by atoms with Crippen molar-refractivity contribution < 1.29 is 19.4 Å². The first-order valence-corrected chi connectivity index (χ1v) is 17.6. The van der Waals surface area contributed by atoms with E-state index in [0.29, 0.717) is 5.92 Å². The van der Waals surface area contributed by atoms with E-state index in [2.05, 4.69) is 165 Å². The Balaban J connectivity index is 1.13. The molecule has 0 fully saturated rings. The molecule has 0 aliphatic carbocycles. The van der Waals surface area contributed by atoms with E-state index in [0.717, 1.165) is 34.1 Å². The van der Waals surface area contributed by atoms with Gasteiger partial charge in [-0.1, -0.05) is 18.2 Å². The molecule has 0 amide bonds. The minimum absolute atomic E-state index is 0.305. The minimum atomic E-state index is 0.305. The van der Waals surface area contributed by atoms with E-state index in [4.69, 9.17) is 19.4 Å². The first-order chi connectivity index (χ1) is 24.2. The van der Waals surface area contributed by atoms with Gasteiger partial charge in [0.15, 0.2) is 0 Å². The van der Waals surface area contributed by atoms with E-state index in [9.17, 15) is 0 Å². The third-order valence-electron chi connectivity index (χ3n) is 10.3. The van der Waals surface area contributed by atoms with Crippen LogP contribution in [0.15, 0.2) is 162 Å². The van der Waals surface area contributed by atoms with E-state index in [1.54, 1.807) is 0 Å². The first kappa shape index (κ1) is 29.8. The Labute approximate surface area is 294 Å². The summed E-state index contributed by atoms with van der Waals surface area (Å²) in [6, 6.07) is 56.7. The molecular formula is C47H34NiO. The summed E-state index contributed by atoms with van der Waals surface area (Å²) >= 11 is 5.82. The Morgan fingerprint density at radius 3 is 2.02 bits per heavy atom. The van der Waals surface area contributed by atoms with Crippen LogP contribution in [0.1, 0.15) is 41.5 Å². The molecule has 9 rings (SSSR count). The van der Waals surface area contributed by atoms with Crippen molar-refractivity contribution in [2.24, 2.45) is 0 Å². The standard InChI is InChI=1S/C47H34O.Ni/c1-2-32(37-17-8-6-15-35(37)29-31-23-25-34(26-24-31)33-13-4-3-5-14-33)30-36-16-7-9-18-38(36)42-27-28-44-47-45(42)40-20-11-10-19-39(40)41-21-12-22-43(48-44)46(41)47;/h3-28,32H,2,30H2,1H3;. The van der Waals surface area contributed by atoms with Crippen molar-refractivity contribution in [2.45, 2.75) is 25.7 Å². The van der Waals surface area contributed by atoms with Crippen LogP contribution in [0.25, 0.3) is 65.7 Å². The molecular weight excluding hydrogens is 639 g/mol. The van der Waals surface area contributed by atoms with Crippen molar-refractivity contribution in [2.75, 3.05) is 0 Å². The van der Waals surface area contributed by atoms with E-state index in [-0.39, 0.29) is 0 Å². The Morgan fingerprint density at radius 1 is 0.531 bits per heavy atom. The normalized spacial score (nSPS) is 12.4. The molecule has 0 saturated heterocycles. The van der Waals surface area contributed by atoms with Crippen LogP contribution in [0.4, 0.5) is 0 Å². The number of fused-ring (bicyclic) bond motifs is 3. The third kappa shape index (κ3) is 5.02. The molecule has 238 valence electrons. The Bertz CT molecular complexity index is 2630. The molecule has 0 radical (unpaired) electrons. The fourth-order valence-corrected chi connectivity index (χ4v) is 8.29. The van der Waals surface area contributed by atoms with Crippen molar-refractivity contribution in [3.05, 3.63) is 180 Å². The maximum atomic E-state index is 6.44. The second kappa shape index (κ2) is 12.3. The second-order valence-corrected chi connectivity index (χ2v) is 13.5.